The zero-order chi connectivity index (χ0) is 15.1. The van der Waals surface area contributed by atoms with E-state index in [4.69, 9.17) is 0 Å². The number of hydrogen-bond donors (Lipinski definition) is 0. The number of benzene rings is 1. The van der Waals surface area contributed by atoms with Crippen LogP contribution in [0.3, 0.4) is 0 Å². The van der Waals surface area contributed by atoms with Crippen LogP contribution in [0, 0.1) is 6.92 Å². The Morgan fingerprint density at radius 2 is 1.62 bits per heavy atom. The van der Waals surface area contributed by atoms with Gasteiger partial charge in [0.05, 0.1) is 0 Å². The Labute approximate surface area is 119 Å². The molecule has 0 aliphatic carbocycles. The number of nitrogens with zero attached hydrogens (tertiary/aromatic N) is 5. The highest BCUT2D eigenvalue weighted by Gasteiger charge is 2.13. The summed E-state index contributed by atoms with van der Waals surface area (Å²) in [5.74, 6) is 0.380. The Morgan fingerprint density at radius 1 is 0.952 bits per heavy atom. The number of aryl methyl sites for hydroxylation is 2. The van der Waals surface area contributed by atoms with Gasteiger partial charge in [-0.15, -0.1) is 10.2 Å². The maximum absolute atomic E-state index is 12.0. The first-order valence-electron chi connectivity index (χ1n) is 6.36. The molecule has 0 saturated carbocycles. The monoisotopic (exact) mass is 283 g/mol. The summed E-state index contributed by atoms with van der Waals surface area (Å²) in [5, 5.41) is 7.93. The molecule has 21 heavy (non-hydrogen) atoms. The van der Waals surface area contributed by atoms with Crippen molar-refractivity contribution in [3.63, 3.8) is 0 Å². The molecule has 0 bridgehead atoms. The van der Waals surface area contributed by atoms with Crippen molar-refractivity contribution in [3.05, 3.63) is 50.7 Å². The van der Waals surface area contributed by atoms with Gasteiger partial charge in [-0.2, -0.15) is 0 Å². The molecule has 7 heteroatoms. The quantitative estimate of drug-likeness (QED) is 0.645. The van der Waals surface area contributed by atoms with E-state index in [1.54, 1.807) is 7.05 Å². The fourth-order valence-corrected chi connectivity index (χ4v) is 2.08. The van der Waals surface area contributed by atoms with Crippen LogP contribution in [-0.4, -0.2) is 24.3 Å². The van der Waals surface area contributed by atoms with Crippen LogP contribution in [0.2, 0.25) is 0 Å². The Morgan fingerprint density at radius 3 is 2.29 bits per heavy atom. The zero-order valence-corrected chi connectivity index (χ0v) is 11.9. The van der Waals surface area contributed by atoms with Crippen molar-refractivity contribution in [2.75, 3.05) is 0 Å². The average molecular weight is 283 g/mol. The molecule has 106 valence electrons. The van der Waals surface area contributed by atoms with Crippen LogP contribution in [0.25, 0.3) is 22.6 Å². The van der Waals surface area contributed by atoms with Gasteiger partial charge in [0.25, 0.3) is 5.56 Å². The van der Waals surface area contributed by atoms with Gasteiger partial charge in [-0.25, -0.2) is 9.78 Å². The molecule has 0 spiro atoms. The van der Waals surface area contributed by atoms with Gasteiger partial charge in [0.2, 0.25) is 0 Å². The second-order valence-electron chi connectivity index (χ2n) is 4.88. The summed E-state index contributed by atoms with van der Waals surface area (Å²) in [4.78, 5) is 28.2. The van der Waals surface area contributed by atoms with E-state index in [1.165, 1.54) is 11.6 Å². The lowest BCUT2D eigenvalue weighted by atomic mass is 10.1. The summed E-state index contributed by atoms with van der Waals surface area (Å²) in [6, 6.07) is 7.62. The molecule has 7 nitrogen and oxygen atoms in total. The maximum Gasteiger partial charge on any atom is 0.332 e. The number of fused-ring (bicyclic) bond motifs is 1. The van der Waals surface area contributed by atoms with Gasteiger partial charge >= 0.3 is 5.69 Å². The molecule has 0 aliphatic heterocycles. The van der Waals surface area contributed by atoms with E-state index in [2.05, 4.69) is 15.2 Å². The summed E-state index contributed by atoms with van der Waals surface area (Å²) < 4.78 is 2.29. The molecule has 3 rings (SSSR count). The van der Waals surface area contributed by atoms with Crippen LogP contribution >= 0.6 is 0 Å². The minimum atomic E-state index is -0.497. The lowest BCUT2D eigenvalue weighted by Crippen LogP contribution is -2.38. The van der Waals surface area contributed by atoms with E-state index in [0.717, 1.165) is 15.7 Å². The maximum atomic E-state index is 12.0. The van der Waals surface area contributed by atoms with Gasteiger partial charge in [-0.05, 0) is 6.92 Å². The first-order valence-corrected chi connectivity index (χ1v) is 6.36. The predicted octanol–water partition coefficient (Wildman–Crippen LogP) is 0.398. The standard InChI is InChI=1S/C14H13N5O2/c1-8-4-6-9(7-5-8)11-15-12-10(16-17-11)13(20)19(3)14(21)18(12)2/h4-7H,1-3H3. The van der Waals surface area contributed by atoms with E-state index in [0.29, 0.717) is 5.82 Å². The van der Waals surface area contributed by atoms with Crippen LogP contribution < -0.4 is 11.2 Å². The van der Waals surface area contributed by atoms with E-state index >= 15 is 0 Å². The van der Waals surface area contributed by atoms with E-state index in [-0.39, 0.29) is 11.2 Å². The summed E-state index contributed by atoms with van der Waals surface area (Å²) in [6.07, 6.45) is 0. The number of hydrogen-bond acceptors (Lipinski definition) is 5. The minimum absolute atomic E-state index is 0.0791. The highest BCUT2D eigenvalue weighted by molar-refractivity contribution is 5.70. The van der Waals surface area contributed by atoms with Gasteiger partial charge in [-0.1, -0.05) is 29.8 Å². The van der Waals surface area contributed by atoms with Crippen molar-refractivity contribution in [3.8, 4) is 11.4 Å². The second-order valence-corrected chi connectivity index (χ2v) is 4.88. The number of rotatable bonds is 1. The van der Waals surface area contributed by atoms with Gasteiger partial charge in [0.1, 0.15) is 0 Å². The van der Waals surface area contributed by atoms with Crippen molar-refractivity contribution in [2.45, 2.75) is 6.92 Å². The van der Waals surface area contributed by atoms with Crippen molar-refractivity contribution < 1.29 is 0 Å². The predicted molar refractivity (Wildman–Crippen MR) is 78.0 cm³/mol. The largest absolute Gasteiger partial charge is 0.332 e. The third-order valence-electron chi connectivity index (χ3n) is 3.38. The highest BCUT2D eigenvalue weighted by atomic mass is 16.2. The van der Waals surface area contributed by atoms with Gasteiger partial charge in [-0.3, -0.25) is 13.9 Å². The van der Waals surface area contributed by atoms with Crippen LogP contribution in [0.4, 0.5) is 0 Å². The summed E-state index contributed by atoms with van der Waals surface area (Å²) in [7, 11) is 2.96. The van der Waals surface area contributed by atoms with E-state index in [9.17, 15) is 9.59 Å². The molecule has 0 radical (unpaired) electrons. The SMILES string of the molecule is Cc1ccc(-c2nnc3c(=O)n(C)c(=O)n(C)c3n2)cc1. The zero-order valence-electron chi connectivity index (χ0n) is 11.9. The molecule has 0 aliphatic rings. The molecular formula is C14H13N5O2. The Kier molecular flexibility index (Phi) is 2.90. The lowest BCUT2D eigenvalue weighted by Gasteiger charge is -2.06. The van der Waals surface area contributed by atoms with Gasteiger partial charge < -0.3 is 0 Å². The van der Waals surface area contributed by atoms with E-state index < -0.39 is 11.2 Å². The van der Waals surface area contributed by atoms with Crippen molar-refractivity contribution in [2.24, 2.45) is 14.1 Å². The molecule has 0 amide bonds. The first-order chi connectivity index (χ1) is 9.99. The van der Waals surface area contributed by atoms with Crippen molar-refractivity contribution in [1.29, 1.82) is 0 Å². The van der Waals surface area contributed by atoms with Gasteiger partial charge in [0, 0.05) is 19.7 Å². The summed E-state index contributed by atoms with van der Waals surface area (Å²) >= 11 is 0. The number of aromatic nitrogens is 5. The van der Waals surface area contributed by atoms with Crippen molar-refractivity contribution in [1.82, 2.24) is 24.3 Å². The Hall–Kier alpha value is -2.83. The van der Waals surface area contributed by atoms with Crippen LogP contribution in [0.15, 0.2) is 33.9 Å². The second kappa shape index (κ2) is 4.62. The molecule has 0 fully saturated rings. The highest BCUT2D eigenvalue weighted by Crippen LogP contribution is 2.15. The molecule has 3 aromatic rings. The smallest absolute Gasteiger partial charge is 0.279 e. The molecule has 2 aromatic heterocycles. The van der Waals surface area contributed by atoms with Crippen LogP contribution in [0.5, 0.6) is 0 Å². The molecule has 0 atom stereocenters. The fraction of sp³-hybridized carbons (Fsp3) is 0.214. The molecule has 1 aromatic carbocycles. The minimum Gasteiger partial charge on any atom is -0.279 e. The normalized spacial score (nSPS) is 11.0. The third kappa shape index (κ3) is 2.03. The van der Waals surface area contributed by atoms with Crippen LogP contribution in [-0.2, 0) is 14.1 Å². The average Bonchev–Trinajstić information content (AvgIpc) is 2.51. The van der Waals surface area contributed by atoms with Crippen LogP contribution in [0.1, 0.15) is 5.56 Å². The molecular weight excluding hydrogens is 270 g/mol. The lowest BCUT2D eigenvalue weighted by molar-refractivity contribution is 0.700. The molecule has 0 N–H and O–H groups in total. The van der Waals surface area contributed by atoms with E-state index in [1.807, 2.05) is 31.2 Å². The van der Waals surface area contributed by atoms with Crippen molar-refractivity contribution >= 4 is 11.2 Å². The molecule has 0 saturated heterocycles. The Bertz CT molecular complexity index is 954. The summed E-state index contributed by atoms with van der Waals surface area (Å²) in [5.41, 5.74) is 1.27. The summed E-state index contributed by atoms with van der Waals surface area (Å²) in [6.45, 7) is 1.98. The van der Waals surface area contributed by atoms with Gasteiger partial charge in [0.15, 0.2) is 17.0 Å². The molecule has 2 heterocycles. The fourth-order valence-electron chi connectivity index (χ4n) is 2.08. The molecule has 0 unspecified atom stereocenters. The topological polar surface area (TPSA) is 82.7 Å². The third-order valence-corrected chi connectivity index (χ3v) is 3.38. The first kappa shape index (κ1) is 13.2. The Balaban J connectivity index is 2.33.